The molecule has 136 valence electrons. The molecule has 7 nitrogen and oxygen atoms in total. The van der Waals surface area contributed by atoms with E-state index in [1.165, 1.54) is 17.0 Å². The van der Waals surface area contributed by atoms with Gasteiger partial charge in [0.2, 0.25) is 0 Å². The van der Waals surface area contributed by atoms with Crippen LogP contribution in [0.25, 0.3) is 0 Å². The lowest BCUT2D eigenvalue weighted by atomic mass is 10.1. The smallest absolute Gasteiger partial charge is 0.323 e. The number of carbonyl (C=O) groups excluding carboxylic acids is 2. The highest BCUT2D eigenvalue weighted by Crippen LogP contribution is 2.30. The van der Waals surface area contributed by atoms with E-state index in [0.717, 1.165) is 12.8 Å². The van der Waals surface area contributed by atoms with Crippen LogP contribution in [0.1, 0.15) is 44.0 Å². The van der Waals surface area contributed by atoms with Crippen molar-refractivity contribution in [3.8, 4) is 0 Å². The van der Waals surface area contributed by atoms with Gasteiger partial charge in [0, 0.05) is 17.3 Å². The fourth-order valence-electron chi connectivity index (χ4n) is 2.32. The van der Waals surface area contributed by atoms with Gasteiger partial charge in [-0.2, -0.15) is 0 Å². The van der Waals surface area contributed by atoms with Crippen LogP contribution in [0.5, 0.6) is 0 Å². The van der Waals surface area contributed by atoms with Crippen molar-refractivity contribution in [2.24, 2.45) is 0 Å². The molecule has 1 aromatic carbocycles. The molecular weight excluding hydrogens is 346 g/mol. The molecule has 0 aliphatic heterocycles. The highest BCUT2D eigenvalue weighted by molar-refractivity contribution is 6.34. The average molecular weight is 368 g/mol. The molecule has 0 spiro atoms. The Kier molecular flexibility index (Phi) is 5.57. The lowest BCUT2D eigenvalue weighted by Gasteiger charge is -2.22. The van der Waals surface area contributed by atoms with Gasteiger partial charge in [0.25, 0.3) is 5.91 Å². The van der Waals surface area contributed by atoms with Crippen molar-refractivity contribution in [2.75, 3.05) is 11.9 Å². The minimum atomic E-state index is -1.07. The first-order chi connectivity index (χ1) is 11.6. The van der Waals surface area contributed by atoms with Crippen molar-refractivity contribution < 1.29 is 19.5 Å². The summed E-state index contributed by atoms with van der Waals surface area (Å²) in [5.41, 5.74) is 0.170. The molecule has 1 fully saturated rings. The summed E-state index contributed by atoms with van der Waals surface area (Å²) in [7, 11) is 0. The Hall–Kier alpha value is -2.28. The molecule has 0 aromatic heterocycles. The Morgan fingerprint density at radius 1 is 1.28 bits per heavy atom. The zero-order chi connectivity index (χ0) is 18.8. The number of nitrogens with one attached hydrogen (secondary N) is 2. The standard InChI is InChI=1S/C17H22ClN3O4/c1-17(2,3)20-16(25)19-10-4-7-13(18)12(8-10)15(24)21(9-14(22)23)11-5-6-11/h4,7-8,11H,5-6,9H2,1-3H3,(H,22,23)(H2,19,20,25). The molecule has 0 heterocycles. The van der Waals surface area contributed by atoms with Crippen molar-refractivity contribution in [1.82, 2.24) is 10.2 Å². The summed E-state index contributed by atoms with van der Waals surface area (Å²) in [5.74, 6) is -1.52. The predicted molar refractivity (Wildman–Crippen MR) is 95.1 cm³/mol. The monoisotopic (exact) mass is 367 g/mol. The van der Waals surface area contributed by atoms with Crippen LogP contribution in [0.4, 0.5) is 10.5 Å². The van der Waals surface area contributed by atoms with Crippen LogP contribution in [0.15, 0.2) is 18.2 Å². The number of nitrogens with zero attached hydrogens (tertiary/aromatic N) is 1. The van der Waals surface area contributed by atoms with E-state index in [0.29, 0.717) is 5.69 Å². The number of carbonyl (C=O) groups is 3. The Labute approximate surface area is 151 Å². The number of amides is 3. The number of hydrogen-bond acceptors (Lipinski definition) is 3. The van der Waals surface area contributed by atoms with E-state index >= 15 is 0 Å². The molecular formula is C17H22ClN3O4. The predicted octanol–water partition coefficient (Wildman–Crippen LogP) is 2.95. The van der Waals surface area contributed by atoms with Crippen LogP contribution in [-0.2, 0) is 4.79 Å². The van der Waals surface area contributed by atoms with Crippen LogP contribution in [-0.4, -0.2) is 46.0 Å². The first kappa shape index (κ1) is 19.1. The maximum atomic E-state index is 12.7. The minimum absolute atomic E-state index is 0.0690. The topological polar surface area (TPSA) is 98.7 Å². The summed E-state index contributed by atoms with van der Waals surface area (Å²) in [4.78, 5) is 37.0. The van der Waals surface area contributed by atoms with Gasteiger partial charge in [0.1, 0.15) is 6.54 Å². The summed E-state index contributed by atoms with van der Waals surface area (Å²) in [6, 6.07) is 4.08. The van der Waals surface area contributed by atoms with Gasteiger partial charge in [0.15, 0.2) is 0 Å². The molecule has 1 aliphatic carbocycles. The molecule has 3 N–H and O–H groups in total. The third-order valence-corrected chi connectivity index (χ3v) is 3.83. The number of carboxylic acids is 1. The largest absolute Gasteiger partial charge is 0.480 e. The number of benzene rings is 1. The van der Waals surface area contributed by atoms with Gasteiger partial charge in [-0.15, -0.1) is 0 Å². The fourth-order valence-corrected chi connectivity index (χ4v) is 2.52. The van der Waals surface area contributed by atoms with Gasteiger partial charge in [-0.3, -0.25) is 9.59 Å². The normalized spacial score (nSPS) is 13.9. The minimum Gasteiger partial charge on any atom is -0.480 e. The van der Waals surface area contributed by atoms with Crippen molar-refractivity contribution in [3.05, 3.63) is 28.8 Å². The number of urea groups is 1. The number of aliphatic carboxylic acids is 1. The Balaban J connectivity index is 2.18. The second-order valence-electron chi connectivity index (χ2n) is 7.08. The van der Waals surface area contributed by atoms with Gasteiger partial charge in [0.05, 0.1) is 10.6 Å². The second kappa shape index (κ2) is 7.31. The van der Waals surface area contributed by atoms with Gasteiger partial charge in [-0.1, -0.05) is 11.6 Å². The van der Waals surface area contributed by atoms with Crippen LogP contribution < -0.4 is 10.6 Å². The summed E-state index contributed by atoms with van der Waals surface area (Å²) in [6.45, 7) is 5.18. The van der Waals surface area contributed by atoms with E-state index in [1.807, 2.05) is 20.8 Å². The summed E-state index contributed by atoms with van der Waals surface area (Å²) >= 11 is 6.12. The van der Waals surface area contributed by atoms with Gasteiger partial charge >= 0.3 is 12.0 Å². The molecule has 2 rings (SSSR count). The summed E-state index contributed by atoms with van der Waals surface area (Å²) in [5, 5.41) is 14.6. The SMILES string of the molecule is CC(C)(C)NC(=O)Nc1ccc(Cl)c(C(=O)N(CC(=O)O)C2CC2)c1. The van der Waals surface area contributed by atoms with Crippen LogP contribution in [0, 0.1) is 0 Å². The molecule has 3 amide bonds. The Morgan fingerprint density at radius 3 is 2.44 bits per heavy atom. The highest BCUT2D eigenvalue weighted by atomic mass is 35.5. The van der Waals surface area contributed by atoms with Crippen LogP contribution in [0.3, 0.4) is 0 Å². The average Bonchev–Trinajstić information content (AvgIpc) is 3.28. The number of anilines is 1. The van der Waals surface area contributed by atoms with Crippen molar-refractivity contribution in [2.45, 2.75) is 45.2 Å². The van der Waals surface area contributed by atoms with Gasteiger partial charge in [-0.25, -0.2) is 4.79 Å². The molecule has 0 atom stereocenters. The van der Waals surface area contributed by atoms with Gasteiger partial charge < -0.3 is 20.6 Å². The van der Waals surface area contributed by atoms with Crippen molar-refractivity contribution in [3.63, 3.8) is 0 Å². The number of halogens is 1. The van der Waals surface area contributed by atoms with E-state index in [2.05, 4.69) is 10.6 Å². The fraction of sp³-hybridized carbons (Fsp3) is 0.471. The molecule has 25 heavy (non-hydrogen) atoms. The van der Waals surface area contributed by atoms with Crippen LogP contribution in [0.2, 0.25) is 5.02 Å². The zero-order valence-corrected chi connectivity index (χ0v) is 15.2. The Bertz CT molecular complexity index is 696. The molecule has 0 saturated heterocycles. The number of rotatable bonds is 5. The van der Waals surface area contributed by atoms with Crippen molar-refractivity contribution in [1.29, 1.82) is 0 Å². The molecule has 0 bridgehead atoms. The van der Waals surface area contributed by atoms with Gasteiger partial charge in [-0.05, 0) is 51.8 Å². The molecule has 1 aliphatic rings. The van der Waals surface area contributed by atoms with E-state index in [9.17, 15) is 14.4 Å². The van der Waals surface area contributed by atoms with E-state index in [4.69, 9.17) is 16.7 Å². The highest BCUT2D eigenvalue weighted by Gasteiger charge is 2.35. The number of hydrogen-bond donors (Lipinski definition) is 3. The third-order valence-electron chi connectivity index (χ3n) is 3.50. The lowest BCUT2D eigenvalue weighted by Crippen LogP contribution is -2.43. The number of carboxylic acid groups (broad SMARTS) is 1. The first-order valence-electron chi connectivity index (χ1n) is 7.98. The first-order valence-corrected chi connectivity index (χ1v) is 8.36. The van der Waals surface area contributed by atoms with E-state index < -0.39 is 23.4 Å². The lowest BCUT2D eigenvalue weighted by molar-refractivity contribution is -0.137. The quantitative estimate of drug-likeness (QED) is 0.745. The molecule has 0 unspecified atom stereocenters. The van der Waals surface area contributed by atoms with E-state index in [1.54, 1.807) is 6.07 Å². The maximum Gasteiger partial charge on any atom is 0.323 e. The summed E-state index contributed by atoms with van der Waals surface area (Å²) in [6.07, 6.45) is 1.56. The third kappa shape index (κ3) is 5.63. The van der Waals surface area contributed by atoms with E-state index in [-0.39, 0.29) is 23.2 Å². The maximum absolute atomic E-state index is 12.7. The molecule has 8 heteroatoms. The van der Waals surface area contributed by atoms with Crippen LogP contribution >= 0.6 is 11.6 Å². The second-order valence-corrected chi connectivity index (χ2v) is 7.49. The zero-order valence-electron chi connectivity index (χ0n) is 14.4. The Morgan fingerprint density at radius 2 is 1.92 bits per heavy atom. The summed E-state index contributed by atoms with van der Waals surface area (Å²) < 4.78 is 0. The molecule has 1 saturated carbocycles. The van der Waals surface area contributed by atoms with Crippen molar-refractivity contribution >= 4 is 35.2 Å². The molecule has 0 radical (unpaired) electrons. The molecule has 1 aromatic rings.